The molecule has 0 N–H and O–H groups in total. The first kappa shape index (κ1) is 20.8. The van der Waals surface area contributed by atoms with Crippen LogP contribution in [0.3, 0.4) is 0 Å². The Hall–Kier alpha value is -3.04. The molecule has 8 nitrogen and oxygen atoms in total. The number of nitrogens with zero attached hydrogens (tertiary/aromatic N) is 5. The zero-order chi connectivity index (χ0) is 22.2. The highest BCUT2D eigenvalue weighted by molar-refractivity contribution is 7.19. The number of aromatic nitrogens is 4. The summed E-state index contributed by atoms with van der Waals surface area (Å²) in [6.45, 7) is 6.29. The van der Waals surface area contributed by atoms with Gasteiger partial charge in [0, 0.05) is 24.4 Å². The van der Waals surface area contributed by atoms with Crippen LogP contribution in [0.4, 0.5) is 0 Å². The Morgan fingerprint density at radius 2 is 1.94 bits per heavy atom. The molecule has 1 fully saturated rings. The maximum atomic E-state index is 13.5. The van der Waals surface area contributed by atoms with Gasteiger partial charge >= 0.3 is 5.69 Å². The minimum Gasteiger partial charge on any atom is -0.378 e. The van der Waals surface area contributed by atoms with Crippen LogP contribution in [0.5, 0.6) is 0 Å². The topological polar surface area (TPSA) is 81.7 Å². The van der Waals surface area contributed by atoms with Crippen molar-refractivity contribution in [2.45, 2.75) is 33.2 Å². The summed E-state index contributed by atoms with van der Waals surface area (Å²) < 4.78 is 8.30. The predicted octanol–water partition coefficient (Wildman–Crippen LogP) is 2.43. The highest BCUT2D eigenvalue weighted by atomic mass is 32.1. The van der Waals surface area contributed by atoms with Gasteiger partial charge in [0.2, 0.25) is 5.91 Å². The van der Waals surface area contributed by atoms with Crippen LogP contribution < -0.4 is 5.69 Å². The van der Waals surface area contributed by atoms with Gasteiger partial charge < -0.3 is 9.64 Å². The maximum Gasteiger partial charge on any atom is 0.352 e. The summed E-state index contributed by atoms with van der Waals surface area (Å²) in [6, 6.07) is 9.96. The van der Waals surface area contributed by atoms with Crippen molar-refractivity contribution in [3.8, 4) is 0 Å². The zero-order valence-corrected chi connectivity index (χ0v) is 19.0. The number of rotatable bonds is 5. The van der Waals surface area contributed by atoms with Crippen LogP contribution in [0.15, 0.2) is 35.1 Å². The van der Waals surface area contributed by atoms with Gasteiger partial charge in [-0.15, -0.1) is 16.4 Å². The van der Waals surface area contributed by atoms with E-state index in [2.05, 4.69) is 18.9 Å². The highest BCUT2D eigenvalue weighted by Crippen LogP contribution is 2.33. The van der Waals surface area contributed by atoms with E-state index >= 15 is 0 Å². The van der Waals surface area contributed by atoms with Gasteiger partial charge in [-0.2, -0.15) is 4.52 Å². The van der Waals surface area contributed by atoms with E-state index in [1.165, 1.54) is 4.52 Å². The van der Waals surface area contributed by atoms with Crippen molar-refractivity contribution in [1.29, 1.82) is 0 Å². The van der Waals surface area contributed by atoms with Crippen molar-refractivity contribution in [3.63, 3.8) is 0 Å². The molecule has 32 heavy (non-hydrogen) atoms. The Labute approximate surface area is 189 Å². The van der Waals surface area contributed by atoms with Gasteiger partial charge in [0.05, 0.1) is 18.6 Å². The molecule has 1 aliphatic heterocycles. The lowest BCUT2D eigenvalue weighted by molar-refractivity contribution is -0.135. The van der Waals surface area contributed by atoms with Crippen LogP contribution in [0.2, 0.25) is 0 Å². The number of carbonyl (C=O) groups is 1. The second kappa shape index (κ2) is 8.48. The van der Waals surface area contributed by atoms with E-state index in [4.69, 9.17) is 9.72 Å². The van der Waals surface area contributed by atoms with E-state index in [0.29, 0.717) is 44.2 Å². The number of ether oxygens (including phenoxy) is 1. The van der Waals surface area contributed by atoms with Crippen LogP contribution in [0, 0.1) is 6.92 Å². The number of fused-ring (bicyclic) bond motifs is 3. The van der Waals surface area contributed by atoms with Crippen LogP contribution in [0.1, 0.15) is 28.8 Å². The average molecular weight is 452 g/mol. The van der Waals surface area contributed by atoms with Crippen molar-refractivity contribution in [1.82, 2.24) is 24.1 Å². The molecule has 166 valence electrons. The summed E-state index contributed by atoms with van der Waals surface area (Å²) in [5.41, 5.74) is 2.48. The van der Waals surface area contributed by atoms with E-state index in [9.17, 15) is 9.59 Å². The number of thiophene rings is 1. The van der Waals surface area contributed by atoms with Crippen molar-refractivity contribution in [2.75, 3.05) is 26.3 Å². The maximum absolute atomic E-state index is 13.5. The normalized spacial score (nSPS) is 14.5. The van der Waals surface area contributed by atoms with Gasteiger partial charge in [-0.25, -0.2) is 9.78 Å². The molecule has 0 spiro atoms. The van der Waals surface area contributed by atoms with E-state index < -0.39 is 0 Å². The van der Waals surface area contributed by atoms with Gasteiger partial charge in [0.1, 0.15) is 11.4 Å². The fourth-order valence-corrected chi connectivity index (χ4v) is 5.53. The summed E-state index contributed by atoms with van der Waals surface area (Å²) in [4.78, 5) is 34.9. The summed E-state index contributed by atoms with van der Waals surface area (Å²) in [5, 5.41) is 5.48. The minimum absolute atomic E-state index is 0.0116. The van der Waals surface area contributed by atoms with Gasteiger partial charge in [-0.05, 0) is 24.5 Å². The molecule has 1 saturated heterocycles. The molecular weight excluding hydrogens is 426 g/mol. The Morgan fingerprint density at radius 3 is 2.66 bits per heavy atom. The van der Waals surface area contributed by atoms with Crippen molar-refractivity contribution >= 4 is 33.1 Å². The smallest absolute Gasteiger partial charge is 0.352 e. The molecule has 1 aromatic carbocycles. The monoisotopic (exact) mass is 451 g/mol. The third-order valence-corrected chi connectivity index (χ3v) is 7.11. The lowest BCUT2D eigenvalue weighted by atomic mass is 10.1. The Bertz CT molecular complexity index is 1350. The molecule has 3 aromatic heterocycles. The van der Waals surface area contributed by atoms with Gasteiger partial charge in [-0.3, -0.25) is 9.36 Å². The molecule has 9 heteroatoms. The molecule has 4 heterocycles. The summed E-state index contributed by atoms with van der Waals surface area (Å²) >= 11 is 1.55. The average Bonchev–Trinajstić information content (AvgIpc) is 3.38. The molecule has 0 atom stereocenters. The molecule has 0 bridgehead atoms. The van der Waals surface area contributed by atoms with E-state index in [-0.39, 0.29) is 18.1 Å². The molecule has 1 aliphatic rings. The number of hydrogen-bond acceptors (Lipinski definition) is 6. The number of hydrogen-bond donors (Lipinski definition) is 0. The second-order valence-electron chi connectivity index (χ2n) is 7.96. The first-order chi connectivity index (χ1) is 15.6. The fraction of sp³-hybridized carbons (Fsp3) is 0.391. The van der Waals surface area contributed by atoms with Gasteiger partial charge in [0.15, 0.2) is 11.5 Å². The molecule has 4 aromatic rings. The highest BCUT2D eigenvalue weighted by Gasteiger charge is 2.24. The largest absolute Gasteiger partial charge is 0.378 e. The molecular formula is C23H25N5O3S. The van der Waals surface area contributed by atoms with Crippen molar-refractivity contribution in [2.24, 2.45) is 0 Å². The molecule has 0 saturated carbocycles. The Kier molecular flexibility index (Phi) is 5.52. The summed E-state index contributed by atoms with van der Waals surface area (Å²) in [6.07, 6.45) is 1.36. The SMILES string of the molecule is CCc1c(C)sc2c1c1nc(Cc3ccccc3)nn1c(=O)n2CC(=O)N1CCOCC1. The molecule has 0 radical (unpaired) electrons. The van der Waals surface area contributed by atoms with E-state index in [1.807, 2.05) is 30.3 Å². The van der Waals surface area contributed by atoms with Gasteiger partial charge in [0.25, 0.3) is 0 Å². The number of carbonyl (C=O) groups excluding carboxylic acids is 1. The molecule has 1 amide bonds. The Balaban J connectivity index is 1.65. The third kappa shape index (κ3) is 3.61. The van der Waals surface area contributed by atoms with Crippen molar-refractivity contribution < 1.29 is 9.53 Å². The predicted molar refractivity (Wildman–Crippen MR) is 123 cm³/mol. The van der Waals surface area contributed by atoms with Crippen LogP contribution in [0.25, 0.3) is 15.9 Å². The van der Waals surface area contributed by atoms with Crippen LogP contribution >= 0.6 is 11.3 Å². The number of amides is 1. The first-order valence-electron chi connectivity index (χ1n) is 10.9. The van der Waals surface area contributed by atoms with E-state index in [1.54, 1.807) is 20.8 Å². The van der Waals surface area contributed by atoms with Crippen LogP contribution in [-0.2, 0) is 28.9 Å². The third-order valence-electron chi connectivity index (χ3n) is 5.94. The van der Waals surface area contributed by atoms with Crippen LogP contribution in [-0.4, -0.2) is 56.3 Å². The number of aryl methyl sites for hydroxylation is 2. The second-order valence-corrected chi connectivity index (χ2v) is 9.16. The lowest BCUT2D eigenvalue weighted by Gasteiger charge is -2.27. The Morgan fingerprint density at radius 1 is 1.19 bits per heavy atom. The number of benzene rings is 1. The van der Waals surface area contributed by atoms with Crippen molar-refractivity contribution in [3.05, 3.63) is 62.6 Å². The quantitative estimate of drug-likeness (QED) is 0.466. The standard InChI is InChI=1S/C23H25N5O3S/c1-3-17-15(2)32-22-20(17)21-24-18(13-16-7-5-4-6-8-16)25-28(21)23(30)27(22)14-19(29)26-9-11-31-12-10-26/h4-8H,3,9-14H2,1-2H3. The lowest BCUT2D eigenvalue weighted by Crippen LogP contribution is -2.44. The first-order valence-corrected chi connectivity index (χ1v) is 11.7. The fourth-order valence-electron chi connectivity index (χ4n) is 4.30. The molecule has 0 aliphatic carbocycles. The summed E-state index contributed by atoms with van der Waals surface area (Å²) in [7, 11) is 0. The number of morpholine rings is 1. The zero-order valence-electron chi connectivity index (χ0n) is 18.2. The molecule has 5 rings (SSSR count). The minimum atomic E-state index is -0.329. The van der Waals surface area contributed by atoms with E-state index in [0.717, 1.165) is 32.6 Å². The molecule has 0 unspecified atom stereocenters. The summed E-state index contributed by atoms with van der Waals surface area (Å²) in [5.74, 6) is 0.516. The van der Waals surface area contributed by atoms with Gasteiger partial charge in [-0.1, -0.05) is 37.3 Å².